The van der Waals surface area contributed by atoms with E-state index in [-0.39, 0.29) is 18.2 Å². The minimum absolute atomic E-state index is 0.0488. The summed E-state index contributed by atoms with van der Waals surface area (Å²) in [5, 5.41) is 19.3. The van der Waals surface area contributed by atoms with E-state index in [2.05, 4.69) is 10.2 Å². The van der Waals surface area contributed by atoms with Crippen LogP contribution >= 0.6 is 0 Å². The summed E-state index contributed by atoms with van der Waals surface area (Å²) >= 11 is 0. The summed E-state index contributed by atoms with van der Waals surface area (Å²) in [6, 6.07) is 24.3. The summed E-state index contributed by atoms with van der Waals surface area (Å²) in [5.41, 5.74) is 2.08. The van der Waals surface area contributed by atoms with Crippen molar-refractivity contribution in [2.24, 2.45) is 10.2 Å². The SMILES string of the molecule is COc1ccccc1OCC(=O)N=Nc1c(O)n(Cc2ccccc2)c2ccccc12. The zero-order chi connectivity index (χ0) is 21.6. The minimum atomic E-state index is -0.579. The van der Waals surface area contributed by atoms with Crippen molar-refractivity contribution in [3.8, 4) is 17.4 Å². The number of rotatable bonds is 7. The van der Waals surface area contributed by atoms with E-state index in [4.69, 9.17) is 9.47 Å². The molecular formula is C24H21N3O4. The van der Waals surface area contributed by atoms with Gasteiger partial charge in [0.15, 0.2) is 23.8 Å². The molecule has 0 saturated carbocycles. The molecule has 4 aromatic rings. The van der Waals surface area contributed by atoms with Crippen molar-refractivity contribution in [3.05, 3.63) is 84.4 Å². The first kappa shape index (κ1) is 20.2. The maximum atomic E-state index is 12.2. The second kappa shape index (κ2) is 9.13. The molecule has 7 heteroatoms. The quantitative estimate of drug-likeness (QED) is 0.426. The maximum absolute atomic E-state index is 12.2. The van der Waals surface area contributed by atoms with Crippen molar-refractivity contribution in [2.75, 3.05) is 13.7 Å². The van der Waals surface area contributed by atoms with Crippen molar-refractivity contribution in [2.45, 2.75) is 6.54 Å². The number of hydrogen-bond acceptors (Lipinski definition) is 5. The van der Waals surface area contributed by atoms with Gasteiger partial charge in [-0.05, 0) is 23.8 Å². The van der Waals surface area contributed by atoms with E-state index in [9.17, 15) is 9.90 Å². The Morgan fingerprint density at radius 3 is 2.39 bits per heavy atom. The van der Waals surface area contributed by atoms with Crippen LogP contribution in [-0.4, -0.2) is 29.3 Å². The molecule has 156 valence electrons. The largest absolute Gasteiger partial charge is 0.493 e. The van der Waals surface area contributed by atoms with Crippen LogP contribution in [0.1, 0.15) is 5.56 Å². The van der Waals surface area contributed by atoms with Crippen molar-refractivity contribution < 1.29 is 19.4 Å². The van der Waals surface area contributed by atoms with Crippen molar-refractivity contribution in [3.63, 3.8) is 0 Å². The zero-order valence-corrected chi connectivity index (χ0v) is 16.9. The Morgan fingerprint density at radius 1 is 0.935 bits per heavy atom. The lowest BCUT2D eigenvalue weighted by Gasteiger charge is -2.08. The second-order valence-electron chi connectivity index (χ2n) is 6.79. The highest BCUT2D eigenvalue weighted by Crippen LogP contribution is 2.39. The molecule has 0 atom stereocenters. The van der Waals surface area contributed by atoms with Crippen molar-refractivity contribution in [1.29, 1.82) is 0 Å². The van der Waals surface area contributed by atoms with Crippen LogP contribution < -0.4 is 9.47 Å². The fourth-order valence-electron chi connectivity index (χ4n) is 3.31. The number of ether oxygens (including phenoxy) is 2. The standard InChI is InChI=1S/C24H21N3O4/c1-30-20-13-7-8-14-21(20)31-16-22(28)25-26-23-18-11-5-6-12-19(18)27(24(23)29)15-17-9-3-2-4-10-17/h2-14,29H,15-16H2,1H3. The highest BCUT2D eigenvalue weighted by Gasteiger charge is 2.17. The lowest BCUT2D eigenvalue weighted by atomic mass is 10.2. The van der Waals surface area contributed by atoms with E-state index >= 15 is 0 Å². The van der Waals surface area contributed by atoms with Crippen molar-refractivity contribution in [1.82, 2.24) is 4.57 Å². The van der Waals surface area contributed by atoms with E-state index in [1.54, 1.807) is 28.8 Å². The van der Waals surface area contributed by atoms with Gasteiger partial charge in [-0.3, -0.25) is 4.79 Å². The Morgan fingerprint density at radius 2 is 1.61 bits per heavy atom. The van der Waals surface area contributed by atoms with Crippen LogP contribution in [0.3, 0.4) is 0 Å². The molecule has 0 saturated heterocycles. The lowest BCUT2D eigenvalue weighted by Crippen LogP contribution is -2.08. The summed E-state index contributed by atoms with van der Waals surface area (Å²) in [7, 11) is 1.53. The summed E-state index contributed by atoms with van der Waals surface area (Å²) in [6.45, 7) is 0.168. The number of benzene rings is 3. The van der Waals surface area contributed by atoms with Crippen LogP contribution in [0.4, 0.5) is 5.69 Å². The third-order valence-electron chi connectivity index (χ3n) is 4.78. The second-order valence-corrected chi connectivity index (χ2v) is 6.79. The van der Waals surface area contributed by atoms with Gasteiger partial charge in [0, 0.05) is 5.39 Å². The Bertz CT molecular complexity index is 1230. The number of methoxy groups -OCH3 is 1. The molecule has 0 aliphatic heterocycles. The van der Waals surface area contributed by atoms with Crippen LogP contribution in [0.2, 0.25) is 0 Å². The fraction of sp³-hybridized carbons (Fsp3) is 0.125. The first-order chi connectivity index (χ1) is 15.2. The number of nitrogens with zero attached hydrogens (tertiary/aromatic N) is 3. The molecule has 0 fully saturated rings. The highest BCUT2D eigenvalue weighted by molar-refractivity contribution is 5.95. The molecule has 31 heavy (non-hydrogen) atoms. The average molecular weight is 415 g/mol. The molecule has 0 spiro atoms. The number of fused-ring (bicyclic) bond motifs is 1. The first-order valence-electron chi connectivity index (χ1n) is 9.72. The third-order valence-corrected chi connectivity index (χ3v) is 4.78. The predicted molar refractivity (Wildman–Crippen MR) is 117 cm³/mol. The summed E-state index contributed by atoms with van der Waals surface area (Å²) in [4.78, 5) is 12.2. The third kappa shape index (κ3) is 4.40. The molecule has 7 nitrogen and oxygen atoms in total. The van der Waals surface area contributed by atoms with Crippen LogP contribution in [-0.2, 0) is 11.3 Å². The average Bonchev–Trinajstić information content (AvgIpc) is 3.08. The summed E-state index contributed by atoms with van der Waals surface area (Å²) in [5.74, 6) is 0.335. The predicted octanol–water partition coefficient (Wildman–Crippen LogP) is 5.09. The molecule has 4 rings (SSSR count). The fourth-order valence-corrected chi connectivity index (χ4v) is 3.31. The van der Waals surface area contributed by atoms with E-state index in [1.165, 1.54) is 7.11 Å². The van der Waals surface area contributed by atoms with Gasteiger partial charge in [-0.1, -0.05) is 60.7 Å². The number of carbonyl (C=O) groups excluding carboxylic acids is 1. The number of amides is 1. The molecule has 1 N–H and O–H groups in total. The van der Waals surface area contributed by atoms with E-state index in [1.807, 2.05) is 54.6 Å². The van der Waals surface area contributed by atoms with E-state index in [0.29, 0.717) is 23.4 Å². The normalized spacial score (nSPS) is 11.1. The van der Waals surface area contributed by atoms with Gasteiger partial charge in [0.25, 0.3) is 0 Å². The topological polar surface area (TPSA) is 85.4 Å². The number of carbonyl (C=O) groups is 1. The molecule has 0 unspecified atom stereocenters. The molecule has 1 aromatic heterocycles. The number of azo groups is 1. The Balaban J connectivity index is 1.56. The van der Waals surface area contributed by atoms with Crippen LogP contribution in [0.15, 0.2) is 89.1 Å². The molecule has 1 amide bonds. The molecule has 3 aromatic carbocycles. The maximum Gasteiger partial charge on any atom is 0.302 e. The molecule has 0 bridgehead atoms. The molecule has 0 aliphatic carbocycles. The Kier molecular flexibility index (Phi) is 5.93. The Labute approximate surface area is 179 Å². The number of para-hydroxylation sites is 3. The summed E-state index contributed by atoms with van der Waals surface area (Å²) < 4.78 is 12.4. The van der Waals surface area contributed by atoms with E-state index < -0.39 is 5.91 Å². The van der Waals surface area contributed by atoms with Gasteiger partial charge in [-0.2, -0.15) is 0 Å². The van der Waals surface area contributed by atoms with Gasteiger partial charge < -0.3 is 19.1 Å². The van der Waals surface area contributed by atoms with Gasteiger partial charge in [0.2, 0.25) is 5.88 Å². The van der Waals surface area contributed by atoms with Gasteiger partial charge in [-0.15, -0.1) is 10.2 Å². The van der Waals surface area contributed by atoms with Crippen LogP contribution in [0, 0.1) is 0 Å². The van der Waals surface area contributed by atoms with Crippen LogP contribution in [0.25, 0.3) is 10.9 Å². The van der Waals surface area contributed by atoms with Crippen molar-refractivity contribution >= 4 is 22.5 Å². The van der Waals surface area contributed by atoms with Crippen LogP contribution in [0.5, 0.6) is 17.4 Å². The Hall–Kier alpha value is -4.13. The van der Waals surface area contributed by atoms with Gasteiger partial charge in [0.05, 0.1) is 19.2 Å². The lowest BCUT2D eigenvalue weighted by molar-refractivity contribution is -0.120. The summed E-state index contributed by atoms with van der Waals surface area (Å²) in [6.07, 6.45) is 0. The number of aromatic nitrogens is 1. The molecular weight excluding hydrogens is 394 g/mol. The monoisotopic (exact) mass is 415 g/mol. The zero-order valence-electron chi connectivity index (χ0n) is 16.9. The van der Waals surface area contributed by atoms with Gasteiger partial charge >= 0.3 is 5.91 Å². The van der Waals surface area contributed by atoms with Gasteiger partial charge in [-0.25, -0.2) is 0 Å². The number of hydrogen-bond donors (Lipinski definition) is 1. The number of aromatic hydroxyl groups is 1. The highest BCUT2D eigenvalue weighted by atomic mass is 16.5. The first-order valence-corrected chi connectivity index (χ1v) is 9.72. The molecule has 0 radical (unpaired) electrons. The smallest absolute Gasteiger partial charge is 0.302 e. The minimum Gasteiger partial charge on any atom is -0.493 e. The van der Waals surface area contributed by atoms with E-state index in [0.717, 1.165) is 11.1 Å². The molecule has 0 aliphatic rings. The molecule has 1 heterocycles. The van der Waals surface area contributed by atoms with Gasteiger partial charge in [0.1, 0.15) is 0 Å².